The number of ether oxygens (including phenoxy) is 1. The monoisotopic (exact) mass is 353 g/mol. The van der Waals surface area contributed by atoms with E-state index in [1.165, 1.54) is 5.56 Å². The maximum Gasteiger partial charge on any atom is 0.118 e. The maximum absolute atomic E-state index is 9.31. The Morgan fingerprint density at radius 3 is 2.56 bits per heavy atom. The largest absolute Gasteiger partial charge is 0.497 e. The summed E-state index contributed by atoms with van der Waals surface area (Å²) in [6, 6.07) is 23.9. The molecule has 0 aliphatic heterocycles. The summed E-state index contributed by atoms with van der Waals surface area (Å²) in [6.45, 7) is 0.731. The highest BCUT2D eigenvalue weighted by Gasteiger charge is 2.12. The molecule has 1 heterocycles. The van der Waals surface area contributed by atoms with Gasteiger partial charge in [0, 0.05) is 34.9 Å². The van der Waals surface area contributed by atoms with Gasteiger partial charge in [-0.25, -0.2) is 0 Å². The third kappa shape index (κ3) is 3.23. The summed E-state index contributed by atoms with van der Waals surface area (Å²) in [7, 11) is 1.67. The molecule has 0 bridgehead atoms. The standard InChI is InChI=1S/C23H19N3O/c1-27-20-8-5-16(6-9-20)14-26-15-22(18-3-2-4-19(25)12-18)21-11-17(13-24)7-10-23(21)26/h2-12,15H,14,25H2,1H3. The number of nitrogen functional groups attached to an aromatic ring is 1. The van der Waals surface area contributed by atoms with E-state index in [1.807, 2.05) is 54.6 Å². The van der Waals surface area contributed by atoms with Gasteiger partial charge in [-0.3, -0.25) is 0 Å². The molecule has 0 amide bonds. The number of methoxy groups -OCH3 is 1. The van der Waals surface area contributed by atoms with Crippen molar-refractivity contribution in [3.05, 3.63) is 84.1 Å². The van der Waals surface area contributed by atoms with Crippen molar-refractivity contribution < 1.29 is 4.74 Å². The second kappa shape index (κ2) is 6.89. The van der Waals surface area contributed by atoms with Gasteiger partial charge in [-0.15, -0.1) is 0 Å². The van der Waals surface area contributed by atoms with Crippen molar-refractivity contribution in [2.75, 3.05) is 12.8 Å². The first kappa shape index (κ1) is 16.7. The van der Waals surface area contributed by atoms with Crippen LogP contribution in [0.3, 0.4) is 0 Å². The first-order chi connectivity index (χ1) is 13.2. The molecule has 3 aromatic carbocycles. The second-order valence-corrected chi connectivity index (χ2v) is 6.49. The average molecular weight is 353 g/mol. The number of fused-ring (bicyclic) bond motifs is 1. The minimum absolute atomic E-state index is 0.648. The zero-order valence-electron chi connectivity index (χ0n) is 15.0. The smallest absolute Gasteiger partial charge is 0.118 e. The summed E-state index contributed by atoms with van der Waals surface area (Å²) < 4.78 is 7.44. The number of hydrogen-bond acceptors (Lipinski definition) is 3. The van der Waals surface area contributed by atoms with Gasteiger partial charge in [0.2, 0.25) is 0 Å². The highest BCUT2D eigenvalue weighted by molar-refractivity contribution is 5.97. The molecule has 0 fully saturated rings. The highest BCUT2D eigenvalue weighted by atomic mass is 16.5. The molecule has 27 heavy (non-hydrogen) atoms. The predicted octanol–water partition coefficient (Wildman–Crippen LogP) is 4.82. The van der Waals surface area contributed by atoms with E-state index < -0.39 is 0 Å². The predicted molar refractivity (Wildman–Crippen MR) is 109 cm³/mol. The van der Waals surface area contributed by atoms with Gasteiger partial charge >= 0.3 is 0 Å². The Morgan fingerprint density at radius 1 is 1.04 bits per heavy atom. The number of rotatable bonds is 4. The zero-order valence-corrected chi connectivity index (χ0v) is 15.0. The van der Waals surface area contributed by atoms with E-state index >= 15 is 0 Å². The molecule has 4 rings (SSSR count). The summed E-state index contributed by atoms with van der Waals surface area (Å²) in [4.78, 5) is 0. The zero-order chi connectivity index (χ0) is 18.8. The molecule has 0 saturated heterocycles. The highest BCUT2D eigenvalue weighted by Crippen LogP contribution is 2.33. The van der Waals surface area contributed by atoms with E-state index in [0.29, 0.717) is 5.56 Å². The molecule has 1 aromatic heterocycles. The van der Waals surface area contributed by atoms with Crippen molar-refractivity contribution >= 4 is 16.6 Å². The fourth-order valence-corrected chi connectivity index (χ4v) is 3.36. The summed E-state index contributed by atoms with van der Waals surface area (Å²) in [5.74, 6) is 0.843. The van der Waals surface area contributed by atoms with Crippen LogP contribution in [0.25, 0.3) is 22.0 Å². The molecule has 0 aliphatic carbocycles. The lowest BCUT2D eigenvalue weighted by Crippen LogP contribution is -1.97. The molecule has 0 spiro atoms. The fraction of sp³-hybridized carbons (Fsp3) is 0.0870. The molecule has 0 unspecified atom stereocenters. The Labute approximate surface area is 158 Å². The Bertz CT molecular complexity index is 1150. The van der Waals surface area contributed by atoms with Crippen LogP contribution in [0.2, 0.25) is 0 Å². The number of hydrogen-bond donors (Lipinski definition) is 1. The third-order valence-electron chi connectivity index (χ3n) is 4.72. The van der Waals surface area contributed by atoms with Crippen molar-refractivity contribution in [1.29, 1.82) is 5.26 Å². The first-order valence-electron chi connectivity index (χ1n) is 8.70. The van der Waals surface area contributed by atoms with E-state index in [0.717, 1.165) is 40.0 Å². The lowest BCUT2D eigenvalue weighted by molar-refractivity contribution is 0.414. The second-order valence-electron chi connectivity index (χ2n) is 6.49. The SMILES string of the molecule is COc1ccc(Cn2cc(-c3cccc(N)c3)c3cc(C#N)ccc32)cc1. The quantitative estimate of drug-likeness (QED) is 0.535. The van der Waals surface area contributed by atoms with Crippen LogP contribution in [0.5, 0.6) is 5.75 Å². The Hall–Kier alpha value is -3.71. The van der Waals surface area contributed by atoms with Crippen LogP contribution in [-0.4, -0.2) is 11.7 Å². The van der Waals surface area contributed by atoms with Gasteiger partial charge in [0.1, 0.15) is 5.75 Å². The molecule has 4 nitrogen and oxygen atoms in total. The van der Waals surface area contributed by atoms with E-state index in [9.17, 15) is 5.26 Å². The Morgan fingerprint density at radius 2 is 1.85 bits per heavy atom. The van der Waals surface area contributed by atoms with Gasteiger partial charge < -0.3 is 15.0 Å². The van der Waals surface area contributed by atoms with Crippen molar-refractivity contribution in [2.45, 2.75) is 6.54 Å². The van der Waals surface area contributed by atoms with Crippen LogP contribution in [0.15, 0.2) is 72.9 Å². The number of aromatic nitrogens is 1. The Kier molecular flexibility index (Phi) is 4.27. The molecular weight excluding hydrogens is 334 g/mol. The molecule has 2 N–H and O–H groups in total. The van der Waals surface area contributed by atoms with Crippen molar-refractivity contribution in [3.63, 3.8) is 0 Å². The lowest BCUT2D eigenvalue weighted by Gasteiger charge is -2.07. The molecule has 0 radical (unpaired) electrons. The Balaban J connectivity index is 1.84. The van der Waals surface area contributed by atoms with Crippen LogP contribution in [0.4, 0.5) is 5.69 Å². The number of benzene rings is 3. The van der Waals surface area contributed by atoms with Gasteiger partial charge in [-0.2, -0.15) is 5.26 Å². The molecular formula is C23H19N3O. The molecule has 4 aromatic rings. The fourth-order valence-electron chi connectivity index (χ4n) is 3.36. The van der Waals surface area contributed by atoms with E-state index in [4.69, 9.17) is 10.5 Å². The van der Waals surface area contributed by atoms with Crippen molar-refractivity contribution in [1.82, 2.24) is 4.57 Å². The van der Waals surface area contributed by atoms with Gasteiger partial charge in [0.05, 0.1) is 18.7 Å². The van der Waals surface area contributed by atoms with Crippen LogP contribution in [0, 0.1) is 11.3 Å². The normalized spacial score (nSPS) is 10.7. The topological polar surface area (TPSA) is 64.0 Å². The molecule has 4 heteroatoms. The van der Waals surface area contributed by atoms with E-state index in [2.05, 4.69) is 29.0 Å². The van der Waals surface area contributed by atoms with Gasteiger partial charge in [0.15, 0.2) is 0 Å². The average Bonchev–Trinajstić information content (AvgIpc) is 3.06. The van der Waals surface area contributed by atoms with Gasteiger partial charge in [0.25, 0.3) is 0 Å². The van der Waals surface area contributed by atoms with Crippen LogP contribution < -0.4 is 10.5 Å². The van der Waals surface area contributed by atoms with Crippen LogP contribution >= 0.6 is 0 Å². The van der Waals surface area contributed by atoms with E-state index in [-0.39, 0.29) is 0 Å². The van der Waals surface area contributed by atoms with Crippen LogP contribution in [-0.2, 0) is 6.54 Å². The third-order valence-corrected chi connectivity index (χ3v) is 4.72. The summed E-state index contributed by atoms with van der Waals surface area (Å²) >= 11 is 0. The summed E-state index contributed by atoms with van der Waals surface area (Å²) in [6.07, 6.45) is 2.13. The van der Waals surface area contributed by atoms with Crippen molar-refractivity contribution in [3.8, 4) is 22.9 Å². The molecule has 132 valence electrons. The van der Waals surface area contributed by atoms with Gasteiger partial charge in [-0.1, -0.05) is 24.3 Å². The lowest BCUT2D eigenvalue weighted by atomic mass is 10.0. The number of nitriles is 1. The maximum atomic E-state index is 9.31. The first-order valence-corrected chi connectivity index (χ1v) is 8.70. The number of nitrogens with two attached hydrogens (primary N) is 1. The van der Waals surface area contributed by atoms with Crippen molar-refractivity contribution in [2.24, 2.45) is 0 Å². The van der Waals surface area contributed by atoms with Crippen LogP contribution in [0.1, 0.15) is 11.1 Å². The number of nitrogens with zero attached hydrogens (tertiary/aromatic N) is 2. The summed E-state index contributed by atoms with van der Waals surface area (Å²) in [5, 5.41) is 10.4. The minimum atomic E-state index is 0.648. The number of anilines is 1. The summed E-state index contributed by atoms with van der Waals surface area (Å²) in [5.41, 5.74) is 11.7. The minimum Gasteiger partial charge on any atom is -0.497 e. The molecule has 0 atom stereocenters. The van der Waals surface area contributed by atoms with Gasteiger partial charge in [-0.05, 0) is 53.6 Å². The molecule has 0 saturated carbocycles. The van der Waals surface area contributed by atoms with E-state index in [1.54, 1.807) is 7.11 Å². The molecule has 0 aliphatic rings.